The Labute approximate surface area is 167 Å². The van der Waals surface area contributed by atoms with Crippen LogP contribution in [0, 0.1) is 0 Å². The van der Waals surface area contributed by atoms with Gasteiger partial charge >= 0.3 is 0 Å². The van der Waals surface area contributed by atoms with E-state index in [1.807, 2.05) is 6.07 Å². The number of carbonyl (C=O) groups excluding carboxylic acids is 1. The van der Waals surface area contributed by atoms with Crippen LogP contribution in [0.3, 0.4) is 0 Å². The minimum Gasteiger partial charge on any atom is -0.353 e. The second kappa shape index (κ2) is 9.36. The van der Waals surface area contributed by atoms with Crippen molar-refractivity contribution in [1.29, 1.82) is 0 Å². The van der Waals surface area contributed by atoms with Crippen LogP contribution < -0.4 is 5.32 Å². The molecule has 146 valence electrons. The lowest BCUT2D eigenvalue weighted by atomic mass is 9.97. The maximum absolute atomic E-state index is 11.3. The fraction of sp³-hybridized carbons (Fsp3) is 0.333. The summed E-state index contributed by atoms with van der Waals surface area (Å²) < 4.78 is 2.29. The minimum atomic E-state index is -0.130. The second-order valence-electron chi connectivity index (χ2n) is 7.25. The van der Waals surface area contributed by atoms with Crippen molar-refractivity contribution in [1.82, 2.24) is 14.9 Å². The van der Waals surface area contributed by atoms with Crippen LogP contribution >= 0.6 is 0 Å². The first kappa shape index (κ1) is 19.9. The van der Waals surface area contributed by atoms with E-state index in [0.29, 0.717) is 12.5 Å². The summed E-state index contributed by atoms with van der Waals surface area (Å²) in [5, 5.41) is 2.83. The molecule has 28 heavy (non-hydrogen) atoms. The third kappa shape index (κ3) is 4.69. The minimum absolute atomic E-state index is 0.130. The number of rotatable bonds is 9. The molecule has 0 spiro atoms. The molecule has 0 saturated heterocycles. The number of carbonyl (C=O) groups is 1. The predicted molar refractivity (Wildman–Crippen MR) is 116 cm³/mol. The van der Waals surface area contributed by atoms with Crippen LogP contribution in [-0.2, 0) is 17.8 Å². The number of nitrogens with one attached hydrogen (secondary N) is 1. The van der Waals surface area contributed by atoms with Gasteiger partial charge in [0.15, 0.2) is 0 Å². The van der Waals surface area contributed by atoms with Gasteiger partial charge in [-0.05, 0) is 48.1 Å². The highest BCUT2D eigenvalue weighted by molar-refractivity contribution is 5.86. The quantitative estimate of drug-likeness (QED) is 0.430. The molecular weight excluding hydrogens is 346 g/mol. The maximum atomic E-state index is 11.3. The molecule has 0 saturated carbocycles. The van der Waals surface area contributed by atoms with E-state index in [4.69, 9.17) is 4.98 Å². The van der Waals surface area contributed by atoms with Gasteiger partial charge in [0.2, 0.25) is 5.91 Å². The lowest BCUT2D eigenvalue weighted by molar-refractivity contribution is -0.116. The van der Waals surface area contributed by atoms with Crippen LogP contribution in [0.15, 0.2) is 61.2 Å². The van der Waals surface area contributed by atoms with Crippen LogP contribution in [0.4, 0.5) is 0 Å². The highest BCUT2D eigenvalue weighted by Gasteiger charge is 2.11. The molecule has 0 aliphatic carbocycles. The van der Waals surface area contributed by atoms with E-state index in [1.165, 1.54) is 17.2 Å². The van der Waals surface area contributed by atoms with E-state index in [0.717, 1.165) is 42.7 Å². The van der Waals surface area contributed by atoms with E-state index in [9.17, 15) is 4.79 Å². The number of para-hydroxylation sites is 2. The van der Waals surface area contributed by atoms with E-state index >= 15 is 0 Å². The number of hydrogen-bond donors (Lipinski definition) is 1. The van der Waals surface area contributed by atoms with Crippen molar-refractivity contribution in [2.24, 2.45) is 0 Å². The molecule has 0 aliphatic rings. The van der Waals surface area contributed by atoms with Gasteiger partial charge in [0, 0.05) is 19.5 Å². The highest BCUT2D eigenvalue weighted by Crippen LogP contribution is 2.22. The first-order valence-electron chi connectivity index (χ1n) is 10.1. The average Bonchev–Trinajstić information content (AvgIpc) is 3.08. The van der Waals surface area contributed by atoms with Crippen molar-refractivity contribution < 1.29 is 4.79 Å². The summed E-state index contributed by atoms with van der Waals surface area (Å²) in [4.78, 5) is 16.2. The third-order valence-corrected chi connectivity index (χ3v) is 5.30. The number of benzene rings is 2. The summed E-state index contributed by atoms with van der Waals surface area (Å²) in [7, 11) is 0. The number of hydrogen-bond acceptors (Lipinski definition) is 2. The van der Waals surface area contributed by atoms with Gasteiger partial charge in [0.25, 0.3) is 0 Å². The molecule has 1 atom stereocenters. The first-order chi connectivity index (χ1) is 13.6. The monoisotopic (exact) mass is 375 g/mol. The van der Waals surface area contributed by atoms with E-state index in [-0.39, 0.29) is 5.91 Å². The molecule has 2 aromatic carbocycles. The fourth-order valence-corrected chi connectivity index (χ4v) is 3.39. The molecule has 1 N–H and O–H groups in total. The van der Waals surface area contributed by atoms with Crippen molar-refractivity contribution in [2.45, 2.75) is 45.6 Å². The third-order valence-electron chi connectivity index (χ3n) is 5.30. The predicted octanol–water partition coefficient (Wildman–Crippen LogP) is 4.83. The number of amides is 1. The molecule has 4 nitrogen and oxygen atoms in total. The van der Waals surface area contributed by atoms with Crippen LogP contribution in [0.2, 0.25) is 0 Å². The lowest BCUT2D eigenvalue weighted by Gasteiger charge is -2.12. The zero-order valence-corrected chi connectivity index (χ0v) is 16.8. The Kier molecular flexibility index (Phi) is 6.64. The molecule has 1 amide bonds. The smallest absolute Gasteiger partial charge is 0.243 e. The van der Waals surface area contributed by atoms with Gasteiger partial charge in [-0.2, -0.15) is 0 Å². The number of aromatic nitrogens is 2. The SMILES string of the molecule is C=CC(=O)NCCCc1nc2ccccc2n1Cc1ccc(C(C)CC)cc1. The van der Waals surface area contributed by atoms with Crippen LogP contribution in [0.5, 0.6) is 0 Å². The fourth-order valence-electron chi connectivity index (χ4n) is 3.39. The summed E-state index contributed by atoms with van der Waals surface area (Å²) in [5.74, 6) is 1.51. The molecule has 0 bridgehead atoms. The van der Waals surface area contributed by atoms with E-state index in [2.05, 4.69) is 72.8 Å². The van der Waals surface area contributed by atoms with E-state index in [1.54, 1.807) is 0 Å². The van der Waals surface area contributed by atoms with Crippen molar-refractivity contribution in [3.05, 3.63) is 78.1 Å². The van der Waals surface area contributed by atoms with Crippen LogP contribution in [0.25, 0.3) is 11.0 Å². The van der Waals surface area contributed by atoms with Gasteiger partial charge in [-0.1, -0.05) is 56.8 Å². The zero-order valence-electron chi connectivity index (χ0n) is 16.8. The van der Waals surface area contributed by atoms with Gasteiger partial charge in [-0.3, -0.25) is 4.79 Å². The first-order valence-corrected chi connectivity index (χ1v) is 10.1. The Hall–Kier alpha value is -2.88. The van der Waals surface area contributed by atoms with Crippen molar-refractivity contribution in [3.63, 3.8) is 0 Å². The Morgan fingerprint density at radius 1 is 1.21 bits per heavy atom. The second-order valence-corrected chi connectivity index (χ2v) is 7.25. The number of fused-ring (bicyclic) bond motifs is 1. The Morgan fingerprint density at radius 3 is 2.68 bits per heavy atom. The summed E-state index contributed by atoms with van der Waals surface area (Å²) in [6.45, 7) is 9.39. The van der Waals surface area contributed by atoms with E-state index < -0.39 is 0 Å². The van der Waals surface area contributed by atoms with Gasteiger partial charge < -0.3 is 9.88 Å². The van der Waals surface area contributed by atoms with Crippen LogP contribution in [0.1, 0.15) is 49.6 Å². The topological polar surface area (TPSA) is 46.9 Å². The maximum Gasteiger partial charge on any atom is 0.243 e. The van der Waals surface area contributed by atoms with Crippen molar-refractivity contribution in [3.8, 4) is 0 Å². The molecule has 0 aliphatic heterocycles. The van der Waals surface area contributed by atoms with Gasteiger partial charge in [0.05, 0.1) is 11.0 Å². The molecule has 3 aromatic rings. The summed E-state index contributed by atoms with van der Waals surface area (Å²) in [5.41, 5.74) is 4.83. The Bertz CT molecular complexity index is 940. The standard InChI is InChI=1S/C24H29N3O/c1-4-18(3)20-14-12-19(13-15-20)17-27-22-10-7-6-9-21(22)26-23(27)11-8-16-25-24(28)5-2/h5-7,9-10,12-15,18H,2,4,8,11,16-17H2,1,3H3,(H,25,28). The summed E-state index contributed by atoms with van der Waals surface area (Å²) in [6, 6.07) is 17.2. The zero-order chi connectivity index (χ0) is 19.9. The molecule has 0 fully saturated rings. The summed E-state index contributed by atoms with van der Waals surface area (Å²) >= 11 is 0. The highest BCUT2D eigenvalue weighted by atomic mass is 16.1. The normalized spacial score (nSPS) is 12.1. The average molecular weight is 376 g/mol. The number of nitrogens with zero attached hydrogens (tertiary/aromatic N) is 2. The largest absolute Gasteiger partial charge is 0.353 e. The van der Waals surface area contributed by atoms with Crippen LogP contribution in [-0.4, -0.2) is 22.0 Å². The van der Waals surface area contributed by atoms with Crippen molar-refractivity contribution >= 4 is 16.9 Å². The molecule has 1 heterocycles. The molecular formula is C24H29N3O. The van der Waals surface area contributed by atoms with Gasteiger partial charge in [0.1, 0.15) is 5.82 Å². The Morgan fingerprint density at radius 2 is 1.96 bits per heavy atom. The lowest BCUT2D eigenvalue weighted by Crippen LogP contribution is -2.22. The van der Waals surface area contributed by atoms with Gasteiger partial charge in [-0.25, -0.2) is 4.98 Å². The molecule has 3 rings (SSSR count). The van der Waals surface area contributed by atoms with Gasteiger partial charge in [-0.15, -0.1) is 0 Å². The number of aryl methyl sites for hydroxylation is 1. The number of imidazole rings is 1. The summed E-state index contributed by atoms with van der Waals surface area (Å²) in [6.07, 6.45) is 4.11. The molecule has 1 unspecified atom stereocenters. The molecule has 4 heteroatoms. The molecule has 0 radical (unpaired) electrons. The Balaban J connectivity index is 1.78. The molecule has 1 aromatic heterocycles. The van der Waals surface area contributed by atoms with Crippen molar-refractivity contribution in [2.75, 3.05) is 6.54 Å².